The molecule has 0 saturated heterocycles. The van der Waals surface area contributed by atoms with E-state index < -0.39 is 11.8 Å². The molecule has 0 aliphatic carbocycles. The van der Waals surface area contributed by atoms with Crippen LogP contribution in [0.4, 0.5) is 22.7 Å². The van der Waals surface area contributed by atoms with E-state index in [1.165, 1.54) is 0 Å². The van der Waals surface area contributed by atoms with E-state index in [0.29, 0.717) is 73.0 Å². The van der Waals surface area contributed by atoms with Crippen LogP contribution in [0.2, 0.25) is 0 Å². The zero-order valence-electron chi connectivity index (χ0n) is 47.0. The Bertz CT molecular complexity index is 4220. The predicted octanol–water partition coefficient (Wildman–Crippen LogP) is 18.2. The molecule has 6 nitrogen and oxygen atoms in total. The molecule has 15 rings (SSSR count). The van der Waals surface area contributed by atoms with Gasteiger partial charge >= 0.3 is 0 Å². The number of rotatable bonds is 4. The smallest absolute Gasteiger partial charge is 0.135 e. The van der Waals surface area contributed by atoms with Gasteiger partial charge in [-0.25, -0.2) is 4.98 Å². The Morgan fingerprint density at radius 3 is 2.00 bits per heavy atom. The molecule has 0 N–H and O–H groups in total. The molecule has 7 heteroatoms. The molecular formula is C68H53N4O2Pt-3. The molecule has 0 radical (unpaired) electrons. The largest absolute Gasteiger partial charge is 0.509 e. The molecule has 0 amide bonds. The fourth-order valence-corrected chi connectivity index (χ4v) is 10.3. The summed E-state index contributed by atoms with van der Waals surface area (Å²) in [6, 6.07) is 66.6. The number of nitrogens with zero attached hydrogens (tertiary/aromatic N) is 4. The number of aromatic nitrogens is 2. The minimum absolute atomic E-state index is 0. The Morgan fingerprint density at radius 1 is 0.600 bits per heavy atom. The summed E-state index contributed by atoms with van der Waals surface area (Å²) in [5.41, 5.74) is 11.9. The molecule has 0 spiro atoms. The van der Waals surface area contributed by atoms with E-state index in [9.17, 15) is 6.85 Å². The van der Waals surface area contributed by atoms with Crippen LogP contribution in [-0.2, 0) is 32.9 Å². The van der Waals surface area contributed by atoms with Crippen molar-refractivity contribution in [1.29, 1.82) is 0 Å². The van der Waals surface area contributed by atoms with Gasteiger partial charge in [0.05, 0.1) is 4.11 Å². The van der Waals surface area contributed by atoms with E-state index in [4.69, 9.17) is 14.5 Å². The number of pyridine rings is 1. The van der Waals surface area contributed by atoms with Crippen molar-refractivity contribution >= 4 is 44.6 Å². The molecule has 11 aromatic rings. The number of hydrogen-bond acceptors (Lipinski definition) is 5. The van der Waals surface area contributed by atoms with E-state index >= 15 is 0 Å². The summed E-state index contributed by atoms with van der Waals surface area (Å²) in [5, 5.41) is 1.18. The summed E-state index contributed by atoms with van der Waals surface area (Å²) in [6.07, 6.45) is 0.201. The number of hydrogen-bond donors (Lipinski definition) is 0. The van der Waals surface area contributed by atoms with Crippen molar-refractivity contribution in [3.05, 3.63) is 236 Å². The van der Waals surface area contributed by atoms with Crippen molar-refractivity contribution in [3.8, 4) is 73.3 Å². The van der Waals surface area contributed by atoms with Crippen LogP contribution >= 0.6 is 0 Å². The average molecular weight is 1160 g/mol. The van der Waals surface area contributed by atoms with Gasteiger partial charge in [-0.2, -0.15) is 12.1 Å². The van der Waals surface area contributed by atoms with Crippen LogP contribution in [0, 0.1) is 24.7 Å². The Labute approximate surface area is 460 Å². The summed E-state index contributed by atoms with van der Waals surface area (Å²) in [6.45, 7) is 12.4. The predicted molar refractivity (Wildman–Crippen MR) is 303 cm³/mol. The summed E-state index contributed by atoms with van der Waals surface area (Å²) in [7, 11) is 0. The fraction of sp³-hybridized carbons (Fsp3) is 0.118. The van der Waals surface area contributed by atoms with Gasteiger partial charge in [0.15, 0.2) is 0 Å². The number of para-hydroxylation sites is 2. The summed E-state index contributed by atoms with van der Waals surface area (Å²) in [5.74, 6) is 2.26. The summed E-state index contributed by atoms with van der Waals surface area (Å²) < 4.78 is 63.2. The SMILES string of the molecule is [2H]c1c(-c2ccccc2)c([2H])c2c3ccc4[c-]c3n(c2c1[2H])-c1cc(C(C)(C)C)c(cn1)-c1cccc(c1)Oc1ccc(cc1)-c1cc(C([2H])([2H])C(C)C)cc(-c2ccccc2)c1N1[CH-]N(c2[c-]c(ccc2)O4)c2ccccc21.[Pt]. The van der Waals surface area contributed by atoms with Crippen LogP contribution in [0.5, 0.6) is 23.0 Å². The quantitative estimate of drug-likeness (QED) is 0.164. The summed E-state index contributed by atoms with van der Waals surface area (Å²) >= 11 is 0. The van der Waals surface area contributed by atoms with E-state index in [0.717, 1.165) is 56.0 Å². The normalized spacial score (nSPS) is 13.9. The number of anilines is 4. The molecule has 0 saturated carbocycles. The van der Waals surface area contributed by atoms with Gasteiger partial charge < -0.3 is 23.8 Å². The molecule has 2 aromatic heterocycles. The number of ether oxygens (including phenoxy) is 2. The maximum Gasteiger partial charge on any atom is 0.135 e. The second kappa shape index (κ2) is 19.3. The Kier molecular flexibility index (Phi) is 10.8. The van der Waals surface area contributed by atoms with Gasteiger partial charge in [-0.1, -0.05) is 149 Å². The molecule has 12 bridgehead atoms. The topological polar surface area (TPSA) is 42.8 Å². The van der Waals surface area contributed by atoms with Crippen LogP contribution in [0.3, 0.4) is 0 Å². The Balaban J connectivity index is 0.00000637. The molecule has 4 aliphatic heterocycles. The van der Waals surface area contributed by atoms with E-state index in [-0.39, 0.29) is 45.1 Å². The van der Waals surface area contributed by atoms with Gasteiger partial charge in [0.25, 0.3) is 0 Å². The van der Waals surface area contributed by atoms with E-state index in [1.54, 1.807) is 0 Å². The van der Waals surface area contributed by atoms with Crippen LogP contribution in [-0.4, -0.2) is 9.55 Å². The Hall–Kier alpha value is -8.18. The molecule has 75 heavy (non-hydrogen) atoms. The molecule has 0 fully saturated rings. The fourth-order valence-electron chi connectivity index (χ4n) is 10.3. The molecular weight excluding hydrogens is 1100 g/mol. The second-order valence-electron chi connectivity index (χ2n) is 20.2. The zero-order valence-corrected chi connectivity index (χ0v) is 44.2. The number of fused-ring (bicyclic) bond motifs is 5. The first-order valence-electron chi connectivity index (χ1n) is 27.5. The van der Waals surface area contributed by atoms with Crippen LogP contribution < -0.4 is 19.3 Å². The van der Waals surface area contributed by atoms with Crippen molar-refractivity contribution in [3.63, 3.8) is 0 Å². The molecule has 4 aliphatic rings. The minimum Gasteiger partial charge on any atom is -0.509 e. The zero-order chi connectivity index (χ0) is 54.5. The van der Waals surface area contributed by atoms with Gasteiger partial charge in [-0.3, -0.25) is 0 Å². The van der Waals surface area contributed by atoms with E-state index in [2.05, 4.69) is 73.6 Å². The molecule has 0 atom stereocenters. The van der Waals surface area contributed by atoms with Gasteiger partial charge in [0.1, 0.15) is 17.3 Å². The molecule has 9 aromatic carbocycles. The maximum atomic E-state index is 9.80. The van der Waals surface area contributed by atoms with E-state index in [1.807, 2.05) is 182 Å². The third kappa shape index (κ3) is 8.87. The van der Waals surface area contributed by atoms with Gasteiger partial charge in [0, 0.05) is 80.8 Å². The van der Waals surface area contributed by atoms with Gasteiger partial charge in [-0.15, -0.1) is 48.1 Å². The van der Waals surface area contributed by atoms with Crippen molar-refractivity contribution in [2.45, 2.75) is 46.4 Å². The van der Waals surface area contributed by atoms with Crippen LogP contribution in [0.15, 0.2) is 206 Å². The van der Waals surface area contributed by atoms with Crippen LogP contribution in [0.1, 0.15) is 52.6 Å². The second-order valence-corrected chi connectivity index (χ2v) is 20.2. The summed E-state index contributed by atoms with van der Waals surface area (Å²) in [4.78, 5) is 9.45. The first kappa shape index (κ1) is 42.2. The van der Waals surface area contributed by atoms with Gasteiger partial charge in [0.2, 0.25) is 0 Å². The average Bonchev–Trinajstić information content (AvgIpc) is 4.22. The monoisotopic (exact) mass is 1160 g/mol. The molecule has 370 valence electrons. The van der Waals surface area contributed by atoms with Crippen LogP contribution in [0.25, 0.3) is 72.1 Å². The minimum atomic E-state index is -1.66. The number of benzene rings is 9. The van der Waals surface area contributed by atoms with Crippen molar-refractivity contribution in [1.82, 2.24) is 9.55 Å². The Morgan fingerprint density at radius 2 is 1.27 bits per heavy atom. The standard InChI is InChI=1S/C68H53N4O2.Pt/c1-44(2)34-45-35-57(47-18-10-7-11-19-47)67-58(36-45)48-26-29-52(30-27-48)73-53-22-14-20-50(37-53)60-42-69-66(41-61(60)68(3,4)5)72-62-33-28-49(46-16-8-6-9-17-46)38-59(62)56-32-31-55(40-65(56)72)74-54-23-15-21-51(39-54)70-43-71(67)64-25-13-12-24-63(64)70;/h6-33,35-38,41-44H,34H2,1-5H3;/q-3;/i28D,33D,34D2,38D;. The van der Waals surface area contributed by atoms with Gasteiger partial charge in [-0.05, 0) is 123 Å². The molecule has 6 heterocycles. The first-order chi connectivity index (χ1) is 38.1. The molecule has 0 unspecified atom stereocenters. The third-order valence-corrected chi connectivity index (χ3v) is 13.7. The van der Waals surface area contributed by atoms with Crippen molar-refractivity contribution in [2.24, 2.45) is 5.92 Å². The van der Waals surface area contributed by atoms with Crippen molar-refractivity contribution < 1.29 is 37.4 Å². The van der Waals surface area contributed by atoms with Crippen molar-refractivity contribution in [2.75, 3.05) is 9.80 Å². The maximum absolute atomic E-state index is 9.80. The first-order valence-corrected chi connectivity index (χ1v) is 25.0. The third-order valence-electron chi connectivity index (χ3n) is 13.7.